The maximum atomic E-state index is 12.8. The van der Waals surface area contributed by atoms with E-state index in [4.69, 9.17) is 4.74 Å². The lowest BCUT2D eigenvalue weighted by Gasteiger charge is -2.34. The smallest absolute Gasteiger partial charge is 0.195 e. The average Bonchev–Trinajstić information content (AvgIpc) is 3.01. The second-order valence-electron chi connectivity index (χ2n) is 5.86. The zero-order valence-corrected chi connectivity index (χ0v) is 11.9. The van der Waals surface area contributed by atoms with Gasteiger partial charge in [0.25, 0.3) is 0 Å². The van der Waals surface area contributed by atoms with Crippen LogP contribution < -0.4 is 0 Å². The molecule has 1 aromatic carbocycles. The summed E-state index contributed by atoms with van der Waals surface area (Å²) in [5.41, 5.74) is 1.45. The van der Waals surface area contributed by atoms with Crippen molar-refractivity contribution < 1.29 is 9.53 Å². The normalized spacial score (nSPS) is 25.9. The number of hydrogen-bond acceptors (Lipinski definition) is 4. The van der Waals surface area contributed by atoms with Crippen LogP contribution in [0.15, 0.2) is 36.5 Å². The first-order valence-corrected chi connectivity index (χ1v) is 7.56. The van der Waals surface area contributed by atoms with Crippen molar-refractivity contribution >= 4 is 16.7 Å². The van der Waals surface area contributed by atoms with Crippen molar-refractivity contribution in [1.29, 1.82) is 0 Å². The number of ketones is 1. The van der Waals surface area contributed by atoms with Crippen LogP contribution in [0.4, 0.5) is 0 Å². The molecule has 21 heavy (non-hydrogen) atoms. The maximum absolute atomic E-state index is 12.8. The first-order valence-electron chi connectivity index (χ1n) is 7.56. The molecule has 108 valence electrons. The van der Waals surface area contributed by atoms with Crippen LogP contribution in [0.3, 0.4) is 0 Å². The minimum absolute atomic E-state index is 0.0599. The van der Waals surface area contributed by atoms with Gasteiger partial charge in [-0.05, 0) is 31.5 Å². The fourth-order valence-electron chi connectivity index (χ4n) is 3.45. The molecule has 0 aliphatic carbocycles. The third-order valence-electron chi connectivity index (χ3n) is 4.58. The summed E-state index contributed by atoms with van der Waals surface area (Å²) in [5, 5.41) is 0.998. The number of para-hydroxylation sites is 1. The molecule has 4 nitrogen and oxygen atoms in total. The SMILES string of the molecule is O=C(c1cccc2cccnc12)C1CN2CCCC2CO1. The van der Waals surface area contributed by atoms with E-state index in [-0.39, 0.29) is 11.9 Å². The molecule has 2 aromatic rings. The van der Waals surface area contributed by atoms with Gasteiger partial charge in [-0.25, -0.2) is 0 Å². The fourth-order valence-corrected chi connectivity index (χ4v) is 3.45. The Morgan fingerprint density at radius 1 is 1.29 bits per heavy atom. The van der Waals surface area contributed by atoms with E-state index < -0.39 is 0 Å². The van der Waals surface area contributed by atoms with Gasteiger partial charge in [0, 0.05) is 29.7 Å². The lowest BCUT2D eigenvalue weighted by Crippen LogP contribution is -2.49. The molecule has 3 heterocycles. The molecule has 0 amide bonds. The Kier molecular flexibility index (Phi) is 3.20. The van der Waals surface area contributed by atoms with Crippen LogP contribution in [0.1, 0.15) is 23.2 Å². The standard InChI is InChI=1S/C17H18N2O2/c20-17(15-10-19-9-3-6-13(19)11-21-15)14-7-1-4-12-5-2-8-18-16(12)14/h1-2,4-5,7-8,13,15H,3,6,9-11H2. The van der Waals surface area contributed by atoms with Crippen LogP contribution in [0.25, 0.3) is 10.9 Å². The summed E-state index contributed by atoms with van der Waals surface area (Å²) < 4.78 is 5.84. The molecule has 2 fully saturated rings. The van der Waals surface area contributed by atoms with Gasteiger partial charge in [-0.1, -0.05) is 18.2 Å². The fraction of sp³-hybridized carbons (Fsp3) is 0.412. The van der Waals surface area contributed by atoms with Gasteiger partial charge in [0.05, 0.1) is 12.1 Å². The maximum Gasteiger partial charge on any atom is 0.195 e. The summed E-state index contributed by atoms with van der Waals surface area (Å²) in [5.74, 6) is 0.0599. The molecule has 2 unspecified atom stereocenters. The van der Waals surface area contributed by atoms with E-state index in [0.29, 0.717) is 24.8 Å². The van der Waals surface area contributed by atoms with Crippen molar-refractivity contribution in [2.45, 2.75) is 25.0 Å². The lowest BCUT2D eigenvalue weighted by atomic mass is 10.0. The van der Waals surface area contributed by atoms with E-state index in [0.717, 1.165) is 17.4 Å². The summed E-state index contributed by atoms with van der Waals surface area (Å²) in [6.45, 7) is 2.48. The van der Waals surface area contributed by atoms with E-state index in [1.165, 1.54) is 12.8 Å². The zero-order valence-electron chi connectivity index (χ0n) is 11.9. The molecular formula is C17H18N2O2. The molecular weight excluding hydrogens is 264 g/mol. The van der Waals surface area contributed by atoms with Gasteiger partial charge in [0.15, 0.2) is 5.78 Å². The molecule has 1 aromatic heterocycles. The number of ether oxygens (including phenoxy) is 1. The van der Waals surface area contributed by atoms with Crippen LogP contribution >= 0.6 is 0 Å². The van der Waals surface area contributed by atoms with Crippen molar-refractivity contribution in [2.75, 3.05) is 19.7 Å². The third kappa shape index (κ3) is 2.24. The van der Waals surface area contributed by atoms with Crippen molar-refractivity contribution in [2.24, 2.45) is 0 Å². The third-order valence-corrected chi connectivity index (χ3v) is 4.58. The summed E-state index contributed by atoms with van der Waals surface area (Å²) in [6.07, 6.45) is 3.78. The highest BCUT2D eigenvalue weighted by Gasteiger charge is 2.36. The van der Waals surface area contributed by atoms with Gasteiger partial charge in [0.2, 0.25) is 0 Å². The Morgan fingerprint density at radius 3 is 3.14 bits per heavy atom. The number of benzene rings is 1. The minimum Gasteiger partial charge on any atom is -0.367 e. The second kappa shape index (κ2) is 5.20. The monoisotopic (exact) mass is 282 g/mol. The van der Waals surface area contributed by atoms with Gasteiger partial charge >= 0.3 is 0 Å². The summed E-state index contributed by atoms with van der Waals surface area (Å²) in [7, 11) is 0. The summed E-state index contributed by atoms with van der Waals surface area (Å²) in [4.78, 5) is 19.6. The molecule has 0 radical (unpaired) electrons. The number of fused-ring (bicyclic) bond motifs is 2. The first-order chi connectivity index (χ1) is 10.3. The Hall–Kier alpha value is -1.78. The number of nitrogens with zero attached hydrogens (tertiary/aromatic N) is 2. The highest BCUT2D eigenvalue weighted by molar-refractivity contribution is 6.08. The van der Waals surface area contributed by atoms with Gasteiger partial charge in [0.1, 0.15) is 6.10 Å². The van der Waals surface area contributed by atoms with E-state index >= 15 is 0 Å². The number of rotatable bonds is 2. The molecule has 4 rings (SSSR count). The number of hydrogen-bond donors (Lipinski definition) is 0. The molecule has 0 bridgehead atoms. The summed E-state index contributed by atoms with van der Waals surface area (Å²) in [6, 6.07) is 10.1. The number of carbonyl (C=O) groups excluding carboxylic acids is 1. The number of carbonyl (C=O) groups is 1. The largest absolute Gasteiger partial charge is 0.367 e. The highest BCUT2D eigenvalue weighted by atomic mass is 16.5. The lowest BCUT2D eigenvalue weighted by molar-refractivity contribution is -0.0344. The van der Waals surface area contributed by atoms with Crippen LogP contribution in [0, 0.1) is 0 Å². The van der Waals surface area contributed by atoms with Crippen molar-refractivity contribution in [3.05, 3.63) is 42.1 Å². The molecule has 2 atom stereocenters. The van der Waals surface area contributed by atoms with Gasteiger partial charge in [-0.15, -0.1) is 0 Å². The molecule has 2 aliphatic rings. The van der Waals surface area contributed by atoms with Crippen LogP contribution in [-0.4, -0.2) is 47.5 Å². The minimum atomic E-state index is -0.355. The Morgan fingerprint density at radius 2 is 2.19 bits per heavy atom. The topological polar surface area (TPSA) is 42.4 Å². The Bertz CT molecular complexity index is 680. The molecule has 2 aliphatic heterocycles. The van der Waals surface area contributed by atoms with Crippen LogP contribution in [0.2, 0.25) is 0 Å². The van der Waals surface area contributed by atoms with E-state index in [9.17, 15) is 4.79 Å². The van der Waals surface area contributed by atoms with Gasteiger partial charge in [-0.2, -0.15) is 0 Å². The quantitative estimate of drug-likeness (QED) is 0.793. The first kappa shape index (κ1) is 12.9. The van der Waals surface area contributed by atoms with Crippen LogP contribution in [-0.2, 0) is 4.74 Å². The van der Waals surface area contributed by atoms with Gasteiger partial charge in [-0.3, -0.25) is 14.7 Å². The summed E-state index contributed by atoms with van der Waals surface area (Å²) >= 11 is 0. The number of aromatic nitrogens is 1. The van der Waals surface area contributed by atoms with Crippen molar-refractivity contribution in [1.82, 2.24) is 9.88 Å². The zero-order chi connectivity index (χ0) is 14.2. The molecule has 0 N–H and O–H groups in total. The highest BCUT2D eigenvalue weighted by Crippen LogP contribution is 2.25. The van der Waals surface area contributed by atoms with E-state index in [1.54, 1.807) is 6.20 Å². The van der Waals surface area contributed by atoms with Crippen LogP contribution in [0.5, 0.6) is 0 Å². The Labute approximate surface area is 123 Å². The van der Waals surface area contributed by atoms with Gasteiger partial charge < -0.3 is 4.74 Å². The number of Topliss-reactive ketones (excluding diaryl/α,β-unsaturated/α-hetero) is 1. The van der Waals surface area contributed by atoms with E-state index in [1.807, 2.05) is 30.3 Å². The average molecular weight is 282 g/mol. The van der Waals surface area contributed by atoms with Crippen molar-refractivity contribution in [3.63, 3.8) is 0 Å². The molecule has 0 spiro atoms. The predicted octanol–water partition coefficient (Wildman–Crippen LogP) is 2.28. The van der Waals surface area contributed by atoms with Crippen molar-refractivity contribution in [3.8, 4) is 0 Å². The number of pyridine rings is 1. The predicted molar refractivity (Wildman–Crippen MR) is 80.4 cm³/mol. The number of morpholine rings is 1. The Balaban J connectivity index is 1.64. The second-order valence-corrected chi connectivity index (χ2v) is 5.86. The van der Waals surface area contributed by atoms with E-state index in [2.05, 4.69) is 9.88 Å². The molecule has 2 saturated heterocycles. The molecule has 4 heteroatoms. The molecule has 0 saturated carbocycles.